The minimum Gasteiger partial charge on any atom is -0.488 e. The van der Waals surface area contributed by atoms with Gasteiger partial charge < -0.3 is 20.0 Å². The molecule has 11 heteroatoms. The number of rotatable bonds is 7. The summed E-state index contributed by atoms with van der Waals surface area (Å²) in [6, 6.07) is 5.20. The van der Waals surface area contributed by atoms with Crippen LogP contribution in [-0.2, 0) is 11.0 Å². The Morgan fingerprint density at radius 1 is 1.25 bits per heavy atom. The van der Waals surface area contributed by atoms with E-state index in [0.29, 0.717) is 10.9 Å². The van der Waals surface area contributed by atoms with Crippen LogP contribution in [0.3, 0.4) is 0 Å². The maximum atomic E-state index is 13.4. The van der Waals surface area contributed by atoms with Gasteiger partial charge >= 0.3 is 6.18 Å². The molecule has 4 rings (SSSR count). The number of alkyl halides is 3. The van der Waals surface area contributed by atoms with Crippen LogP contribution in [0.5, 0.6) is 5.75 Å². The van der Waals surface area contributed by atoms with Crippen LogP contribution in [0.25, 0.3) is 10.9 Å². The zero-order valence-corrected chi connectivity index (χ0v) is 19.9. The van der Waals surface area contributed by atoms with Crippen LogP contribution in [-0.4, -0.2) is 44.3 Å². The number of hydrogen-bond acceptors (Lipinski definition) is 6. The van der Waals surface area contributed by atoms with E-state index in [1.165, 1.54) is 0 Å². The predicted molar refractivity (Wildman–Crippen MR) is 126 cm³/mol. The third kappa shape index (κ3) is 5.67. The number of carbonyl (C=O) groups is 2. The molecule has 0 bridgehead atoms. The molecule has 1 saturated carbocycles. The second kappa shape index (κ2) is 9.88. The summed E-state index contributed by atoms with van der Waals surface area (Å²) in [5.41, 5.74) is -2.28. The molecule has 0 saturated heterocycles. The van der Waals surface area contributed by atoms with Gasteiger partial charge in [0.15, 0.2) is 0 Å². The Kier molecular flexibility index (Phi) is 7.03. The lowest BCUT2D eigenvalue weighted by atomic mass is 9.87. The number of pyridine rings is 1. The summed E-state index contributed by atoms with van der Waals surface area (Å²) >= 11 is 0. The Balaban J connectivity index is 1.69. The molecule has 0 unspecified atom stereocenters. The highest BCUT2D eigenvalue weighted by atomic mass is 19.4. The molecule has 8 nitrogen and oxygen atoms in total. The molecular weight excluding hydrogens is 477 g/mol. The van der Waals surface area contributed by atoms with Gasteiger partial charge in [-0.2, -0.15) is 18.3 Å². The molecule has 1 aliphatic rings. The number of nitrogens with zero attached hydrogens (tertiary/aromatic N) is 3. The van der Waals surface area contributed by atoms with Gasteiger partial charge in [0.05, 0.1) is 34.6 Å². The Morgan fingerprint density at radius 3 is 2.61 bits per heavy atom. The number of ether oxygens (including phenoxy) is 1. The topological polar surface area (TPSA) is 106 Å². The summed E-state index contributed by atoms with van der Waals surface area (Å²) in [4.78, 5) is 27.6. The summed E-state index contributed by atoms with van der Waals surface area (Å²) in [5, 5.41) is 17.8. The Labute approximate surface area is 205 Å². The molecule has 0 aliphatic heterocycles. The Hall–Kier alpha value is -3.47. The smallest absolute Gasteiger partial charge is 0.418 e. The van der Waals surface area contributed by atoms with Crippen LogP contribution in [0.2, 0.25) is 0 Å². The average Bonchev–Trinajstić information content (AvgIpc) is 3.24. The molecule has 0 radical (unpaired) electrons. The van der Waals surface area contributed by atoms with E-state index in [0.717, 1.165) is 50.3 Å². The number of nitrogens with one attached hydrogen (secondary N) is 1. The van der Waals surface area contributed by atoms with Crippen molar-refractivity contribution in [2.75, 3.05) is 11.9 Å². The summed E-state index contributed by atoms with van der Waals surface area (Å²) < 4.78 is 47.9. The second-order valence-electron chi connectivity index (χ2n) is 9.65. The van der Waals surface area contributed by atoms with Crippen molar-refractivity contribution in [3.8, 4) is 5.75 Å². The second-order valence-corrected chi connectivity index (χ2v) is 9.65. The summed E-state index contributed by atoms with van der Waals surface area (Å²) in [7, 11) is 0. The van der Waals surface area contributed by atoms with Crippen LogP contribution in [0.1, 0.15) is 61.6 Å². The molecule has 36 heavy (non-hydrogen) atoms. The van der Waals surface area contributed by atoms with Crippen LogP contribution >= 0.6 is 0 Å². The normalized spacial score (nSPS) is 18.7. The van der Waals surface area contributed by atoms with E-state index < -0.39 is 28.9 Å². The van der Waals surface area contributed by atoms with E-state index in [2.05, 4.69) is 15.4 Å². The molecule has 2 heterocycles. The summed E-state index contributed by atoms with van der Waals surface area (Å²) in [6.45, 7) is 2.96. The molecule has 0 atom stereocenters. The number of carbonyl (C=O) groups excluding carboxylic acids is 2. The van der Waals surface area contributed by atoms with Crippen molar-refractivity contribution < 1.29 is 32.6 Å². The van der Waals surface area contributed by atoms with Crippen LogP contribution in [0, 0.1) is 5.92 Å². The van der Waals surface area contributed by atoms with Crippen molar-refractivity contribution in [1.82, 2.24) is 14.8 Å². The van der Waals surface area contributed by atoms with Gasteiger partial charge in [0.2, 0.25) is 0 Å². The molecule has 1 aliphatic carbocycles. The van der Waals surface area contributed by atoms with E-state index in [1.54, 1.807) is 32.2 Å². The molecule has 1 fully saturated rings. The minimum atomic E-state index is -4.75. The first-order chi connectivity index (χ1) is 17.0. The molecule has 1 amide bonds. The molecule has 2 aromatic heterocycles. The molecule has 3 aromatic rings. The first kappa shape index (κ1) is 25.6. The average molecular weight is 505 g/mol. The van der Waals surface area contributed by atoms with Crippen molar-refractivity contribution in [3.05, 3.63) is 47.9 Å². The largest absolute Gasteiger partial charge is 0.488 e. The Morgan fingerprint density at radius 2 is 1.97 bits per heavy atom. The number of benzene rings is 1. The first-order valence-electron chi connectivity index (χ1n) is 11.6. The first-order valence-corrected chi connectivity index (χ1v) is 11.6. The highest BCUT2D eigenvalue weighted by Crippen LogP contribution is 2.37. The third-order valence-corrected chi connectivity index (χ3v) is 6.13. The molecule has 0 spiro atoms. The van der Waals surface area contributed by atoms with Crippen molar-refractivity contribution in [3.63, 3.8) is 0 Å². The number of aldehydes is 1. The quantitative estimate of drug-likeness (QED) is 0.449. The van der Waals surface area contributed by atoms with E-state index >= 15 is 0 Å². The fourth-order valence-corrected chi connectivity index (χ4v) is 4.32. The monoisotopic (exact) mass is 504 g/mol. The van der Waals surface area contributed by atoms with Crippen molar-refractivity contribution >= 4 is 28.8 Å². The fraction of sp³-hybridized carbons (Fsp3) is 0.440. The van der Waals surface area contributed by atoms with E-state index in [9.17, 15) is 27.9 Å². The number of halogens is 3. The summed E-state index contributed by atoms with van der Waals surface area (Å²) in [5.74, 6) is -0.829. The molecule has 2 N–H and O–H groups in total. The number of hydrogen-bond donors (Lipinski definition) is 2. The molecule has 1 aromatic carbocycles. The SMILES string of the molecule is CC(C)(O)COc1cc2c(cnn2C2CCC(C=O)CC2)cc1NC(=O)c1ncccc1C(F)(F)F. The fourth-order valence-electron chi connectivity index (χ4n) is 4.32. The van der Waals surface area contributed by atoms with Gasteiger partial charge in [-0.25, -0.2) is 0 Å². The Bertz CT molecular complexity index is 1260. The number of anilines is 1. The maximum absolute atomic E-state index is 13.4. The number of fused-ring (bicyclic) bond motifs is 1. The zero-order chi connectivity index (χ0) is 26.1. The lowest BCUT2D eigenvalue weighted by Crippen LogP contribution is -2.28. The number of aliphatic hydroxyl groups is 1. The van der Waals surface area contributed by atoms with Gasteiger partial charge in [-0.15, -0.1) is 0 Å². The van der Waals surface area contributed by atoms with Crippen molar-refractivity contribution in [2.24, 2.45) is 5.92 Å². The van der Waals surface area contributed by atoms with E-state index in [1.807, 2.05) is 4.68 Å². The lowest BCUT2D eigenvalue weighted by Gasteiger charge is -2.26. The van der Waals surface area contributed by atoms with Crippen LogP contribution in [0.15, 0.2) is 36.7 Å². The number of amides is 1. The predicted octanol–water partition coefficient (Wildman–Crippen LogP) is 4.78. The van der Waals surface area contributed by atoms with Crippen LogP contribution in [0.4, 0.5) is 18.9 Å². The molecular formula is C25H27F3N4O4. The third-order valence-electron chi connectivity index (χ3n) is 6.13. The van der Waals surface area contributed by atoms with Gasteiger partial charge in [-0.1, -0.05) is 0 Å². The van der Waals surface area contributed by atoms with Crippen molar-refractivity contribution in [1.29, 1.82) is 0 Å². The zero-order valence-electron chi connectivity index (χ0n) is 19.9. The summed E-state index contributed by atoms with van der Waals surface area (Å²) in [6.07, 6.45) is 2.03. The number of aromatic nitrogens is 3. The van der Waals surface area contributed by atoms with Gasteiger partial charge in [-0.05, 0) is 57.7 Å². The van der Waals surface area contributed by atoms with Gasteiger partial charge in [0.25, 0.3) is 5.91 Å². The van der Waals surface area contributed by atoms with Gasteiger partial charge in [0.1, 0.15) is 24.3 Å². The standard InChI is InChI=1S/C25H27F3N4O4/c1-24(2,35)14-36-21-11-20-16(12-30-32(20)17-7-5-15(13-33)6-8-17)10-19(21)31-23(34)22-18(25(26,27)28)4-3-9-29-22/h3-4,9-13,15,17,35H,5-8,14H2,1-2H3,(H,31,34). The van der Waals surface area contributed by atoms with E-state index in [-0.39, 0.29) is 30.0 Å². The van der Waals surface area contributed by atoms with Crippen LogP contribution < -0.4 is 10.1 Å². The molecule has 192 valence electrons. The maximum Gasteiger partial charge on any atom is 0.418 e. The van der Waals surface area contributed by atoms with Gasteiger partial charge in [-0.3, -0.25) is 14.5 Å². The lowest BCUT2D eigenvalue weighted by molar-refractivity contribution is -0.138. The highest BCUT2D eigenvalue weighted by Gasteiger charge is 2.36. The van der Waals surface area contributed by atoms with Gasteiger partial charge in [0, 0.05) is 23.6 Å². The van der Waals surface area contributed by atoms with Crippen molar-refractivity contribution in [2.45, 2.75) is 57.3 Å². The van der Waals surface area contributed by atoms with E-state index in [4.69, 9.17) is 4.74 Å². The highest BCUT2D eigenvalue weighted by molar-refractivity contribution is 6.06. The minimum absolute atomic E-state index is 0.0451.